The van der Waals surface area contributed by atoms with Crippen molar-refractivity contribution in [3.8, 4) is 0 Å². The number of thiazole rings is 1. The summed E-state index contributed by atoms with van der Waals surface area (Å²) in [6.45, 7) is 4.52. The standard InChI is InChI=1S/C24H24ClN3O2S2/c1-17(29)19-4-8-22(9-5-19)27-10-12-28(13-11-27)23(30)14-21-16-32-24(26-21)31-15-18-2-6-20(25)7-3-18/h2-9,16H,10-15H2,1H3. The SMILES string of the molecule is CC(=O)c1ccc(N2CCN(C(=O)Cc3csc(SCc4ccc(Cl)cc4)n3)CC2)cc1. The smallest absolute Gasteiger partial charge is 0.228 e. The maximum atomic E-state index is 12.8. The molecule has 1 saturated heterocycles. The number of carbonyl (C=O) groups is 2. The van der Waals surface area contributed by atoms with Crippen LogP contribution in [-0.4, -0.2) is 47.8 Å². The Hall–Kier alpha value is -2.35. The van der Waals surface area contributed by atoms with Crippen LogP contribution in [0.1, 0.15) is 28.5 Å². The van der Waals surface area contributed by atoms with Crippen molar-refractivity contribution in [1.29, 1.82) is 0 Å². The molecule has 32 heavy (non-hydrogen) atoms. The van der Waals surface area contributed by atoms with Crippen molar-refractivity contribution in [2.45, 2.75) is 23.4 Å². The Morgan fingerprint density at radius 3 is 2.38 bits per heavy atom. The van der Waals surface area contributed by atoms with Crippen molar-refractivity contribution in [2.75, 3.05) is 31.1 Å². The first kappa shape index (κ1) is 22.8. The maximum absolute atomic E-state index is 12.8. The summed E-state index contributed by atoms with van der Waals surface area (Å²) in [7, 11) is 0. The Morgan fingerprint density at radius 2 is 1.72 bits per heavy atom. The quantitative estimate of drug-likeness (QED) is 0.341. The van der Waals surface area contributed by atoms with E-state index < -0.39 is 0 Å². The van der Waals surface area contributed by atoms with Gasteiger partial charge in [-0.15, -0.1) is 11.3 Å². The Kier molecular flexibility index (Phi) is 7.50. The van der Waals surface area contributed by atoms with Crippen LogP contribution in [0.5, 0.6) is 0 Å². The third-order valence-electron chi connectivity index (χ3n) is 5.41. The molecule has 0 aliphatic carbocycles. The number of halogens is 1. The van der Waals surface area contributed by atoms with Gasteiger partial charge in [-0.2, -0.15) is 0 Å². The minimum absolute atomic E-state index is 0.0699. The van der Waals surface area contributed by atoms with Gasteiger partial charge in [-0.05, 0) is 48.9 Å². The van der Waals surface area contributed by atoms with Crippen LogP contribution >= 0.6 is 34.7 Å². The van der Waals surface area contributed by atoms with Crippen LogP contribution in [0.2, 0.25) is 5.02 Å². The highest BCUT2D eigenvalue weighted by molar-refractivity contribution is 8.00. The van der Waals surface area contributed by atoms with E-state index in [1.54, 1.807) is 30.0 Å². The number of thioether (sulfide) groups is 1. The fourth-order valence-corrected chi connectivity index (χ4v) is 5.48. The van der Waals surface area contributed by atoms with E-state index in [0.29, 0.717) is 19.5 Å². The molecule has 2 heterocycles. The first-order valence-electron chi connectivity index (χ1n) is 10.4. The lowest BCUT2D eigenvalue weighted by molar-refractivity contribution is -0.130. The summed E-state index contributed by atoms with van der Waals surface area (Å²) in [4.78, 5) is 33.0. The number of hydrogen-bond acceptors (Lipinski definition) is 6. The molecule has 0 unspecified atom stereocenters. The zero-order valence-corrected chi connectivity index (χ0v) is 20.2. The van der Waals surface area contributed by atoms with Crippen molar-refractivity contribution >= 4 is 52.1 Å². The molecule has 1 fully saturated rings. The molecule has 2 aromatic carbocycles. The van der Waals surface area contributed by atoms with Gasteiger partial charge in [-0.1, -0.05) is 35.5 Å². The van der Waals surface area contributed by atoms with Crippen LogP contribution in [0.3, 0.4) is 0 Å². The predicted molar refractivity (Wildman–Crippen MR) is 132 cm³/mol. The topological polar surface area (TPSA) is 53.5 Å². The zero-order valence-electron chi connectivity index (χ0n) is 17.8. The highest BCUT2D eigenvalue weighted by Crippen LogP contribution is 2.27. The lowest BCUT2D eigenvalue weighted by Gasteiger charge is -2.36. The van der Waals surface area contributed by atoms with Gasteiger partial charge in [0.05, 0.1) is 12.1 Å². The van der Waals surface area contributed by atoms with Crippen molar-refractivity contribution < 1.29 is 9.59 Å². The van der Waals surface area contributed by atoms with Gasteiger partial charge in [0.1, 0.15) is 4.34 Å². The number of amides is 1. The number of ketones is 1. The fourth-order valence-electron chi connectivity index (χ4n) is 3.55. The van der Waals surface area contributed by atoms with Gasteiger partial charge in [-0.25, -0.2) is 4.98 Å². The van der Waals surface area contributed by atoms with E-state index in [9.17, 15) is 9.59 Å². The second-order valence-corrected chi connectivity index (χ2v) is 10.2. The molecule has 0 saturated carbocycles. The number of rotatable bonds is 7. The molecular formula is C24H24ClN3O2S2. The van der Waals surface area contributed by atoms with Crippen LogP contribution in [-0.2, 0) is 17.0 Å². The number of piperazine rings is 1. The summed E-state index contributed by atoms with van der Waals surface area (Å²) in [5, 5.41) is 2.72. The molecule has 166 valence electrons. The van der Waals surface area contributed by atoms with Gasteiger partial charge in [0.2, 0.25) is 5.91 Å². The van der Waals surface area contributed by atoms with Gasteiger partial charge in [0.15, 0.2) is 5.78 Å². The highest BCUT2D eigenvalue weighted by atomic mass is 35.5. The van der Waals surface area contributed by atoms with Gasteiger partial charge in [0, 0.05) is 53.6 Å². The number of aromatic nitrogens is 1. The molecule has 1 aliphatic rings. The summed E-state index contributed by atoms with van der Waals surface area (Å²) in [6.07, 6.45) is 0.339. The predicted octanol–water partition coefficient (Wildman–Crippen LogP) is 5.18. The van der Waals surface area contributed by atoms with E-state index in [1.807, 2.05) is 58.8 Å². The first-order chi connectivity index (χ1) is 15.5. The monoisotopic (exact) mass is 485 g/mol. The third kappa shape index (κ3) is 5.91. The normalized spacial score (nSPS) is 13.9. The van der Waals surface area contributed by atoms with Crippen LogP contribution in [0, 0.1) is 0 Å². The number of benzene rings is 2. The highest BCUT2D eigenvalue weighted by Gasteiger charge is 2.22. The lowest BCUT2D eigenvalue weighted by Crippen LogP contribution is -2.49. The van der Waals surface area contributed by atoms with E-state index >= 15 is 0 Å². The zero-order chi connectivity index (χ0) is 22.5. The summed E-state index contributed by atoms with van der Waals surface area (Å²) in [5.41, 5.74) is 3.84. The van der Waals surface area contributed by atoms with E-state index in [0.717, 1.165) is 45.1 Å². The van der Waals surface area contributed by atoms with E-state index in [4.69, 9.17) is 11.6 Å². The molecule has 0 radical (unpaired) electrons. The largest absolute Gasteiger partial charge is 0.368 e. The molecule has 4 rings (SSSR count). The first-order valence-corrected chi connectivity index (χ1v) is 12.7. The van der Waals surface area contributed by atoms with Crippen molar-refractivity contribution in [2.24, 2.45) is 0 Å². The summed E-state index contributed by atoms with van der Waals surface area (Å²) in [6, 6.07) is 15.5. The minimum Gasteiger partial charge on any atom is -0.368 e. The van der Waals surface area contributed by atoms with Crippen LogP contribution in [0.4, 0.5) is 5.69 Å². The Morgan fingerprint density at radius 1 is 1.03 bits per heavy atom. The summed E-state index contributed by atoms with van der Waals surface area (Å²) >= 11 is 9.19. The van der Waals surface area contributed by atoms with Crippen molar-refractivity contribution in [3.63, 3.8) is 0 Å². The number of Topliss-reactive ketones (excluding diaryl/α,β-unsaturated/α-hetero) is 1. The van der Waals surface area contributed by atoms with Crippen LogP contribution in [0.15, 0.2) is 58.3 Å². The Labute approximate surface area is 201 Å². The second kappa shape index (κ2) is 10.5. The number of nitrogens with zero attached hydrogens (tertiary/aromatic N) is 3. The lowest BCUT2D eigenvalue weighted by atomic mass is 10.1. The maximum Gasteiger partial charge on any atom is 0.228 e. The molecule has 8 heteroatoms. The Bertz CT molecular complexity index is 1080. The number of hydrogen-bond donors (Lipinski definition) is 0. The minimum atomic E-state index is 0.0699. The molecule has 0 N–H and O–H groups in total. The van der Waals surface area contributed by atoms with Gasteiger partial charge in [0.25, 0.3) is 0 Å². The molecule has 0 bridgehead atoms. The van der Waals surface area contributed by atoms with Crippen LogP contribution < -0.4 is 4.90 Å². The van der Waals surface area contributed by atoms with Crippen molar-refractivity contribution in [3.05, 3.63) is 75.8 Å². The average molecular weight is 486 g/mol. The van der Waals surface area contributed by atoms with E-state index in [1.165, 1.54) is 5.56 Å². The van der Waals surface area contributed by atoms with Gasteiger partial charge >= 0.3 is 0 Å². The van der Waals surface area contributed by atoms with E-state index in [2.05, 4.69) is 9.88 Å². The molecule has 0 spiro atoms. The molecule has 1 amide bonds. The molecule has 1 aliphatic heterocycles. The molecule has 5 nitrogen and oxygen atoms in total. The van der Waals surface area contributed by atoms with E-state index in [-0.39, 0.29) is 11.7 Å². The molecule has 0 atom stereocenters. The van der Waals surface area contributed by atoms with Crippen LogP contribution in [0.25, 0.3) is 0 Å². The van der Waals surface area contributed by atoms with Gasteiger partial charge < -0.3 is 9.80 Å². The summed E-state index contributed by atoms with van der Waals surface area (Å²) in [5.74, 6) is 1.02. The number of carbonyl (C=O) groups excluding carboxylic acids is 2. The summed E-state index contributed by atoms with van der Waals surface area (Å²) < 4.78 is 0.974. The molecule has 1 aromatic heterocycles. The Balaban J connectivity index is 1.25. The second-order valence-electron chi connectivity index (χ2n) is 7.67. The fraction of sp³-hybridized carbons (Fsp3) is 0.292. The average Bonchev–Trinajstić information content (AvgIpc) is 3.26. The third-order valence-corrected chi connectivity index (χ3v) is 7.80. The van der Waals surface area contributed by atoms with Gasteiger partial charge in [-0.3, -0.25) is 9.59 Å². The molecule has 3 aromatic rings. The molecular weight excluding hydrogens is 462 g/mol. The number of anilines is 1. The van der Waals surface area contributed by atoms with Crippen molar-refractivity contribution in [1.82, 2.24) is 9.88 Å².